The van der Waals surface area contributed by atoms with E-state index in [9.17, 15) is 13.2 Å². The maximum absolute atomic E-state index is 12.4. The van der Waals surface area contributed by atoms with Crippen molar-refractivity contribution in [1.82, 2.24) is 14.8 Å². The molecular formula is C13H15F3N4. The van der Waals surface area contributed by atoms with Crippen LogP contribution in [0.25, 0.3) is 0 Å². The Morgan fingerprint density at radius 1 is 1.25 bits per heavy atom. The molecule has 2 rings (SSSR count). The predicted molar refractivity (Wildman–Crippen MR) is 69.1 cm³/mol. The molecule has 0 aromatic carbocycles. The Morgan fingerprint density at radius 3 is 2.65 bits per heavy atom. The molecule has 0 saturated carbocycles. The van der Waals surface area contributed by atoms with E-state index in [-0.39, 0.29) is 0 Å². The second-order valence-electron chi connectivity index (χ2n) is 4.40. The quantitative estimate of drug-likeness (QED) is 0.916. The van der Waals surface area contributed by atoms with E-state index in [0.717, 1.165) is 24.6 Å². The van der Waals surface area contributed by atoms with Gasteiger partial charge in [0.15, 0.2) is 0 Å². The Labute approximate surface area is 114 Å². The number of rotatable bonds is 5. The summed E-state index contributed by atoms with van der Waals surface area (Å²) in [5.41, 5.74) is 0.624. The molecule has 1 N–H and O–H groups in total. The lowest BCUT2D eigenvalue weighted by atomic mass is 10.3. The van der Waals surface area contributed by atoms with Crippen molar-refractivity contribution in [1.29, 1.82) is 0 Å². The van der Waals surface area contributed by atoms with Crippen molar-refractivity contribution >= 4 is 5.69 Å². The van der Waals surface area contributed by atoms with Gasteiger partial charge in [-0.1, -0.05) is 6.92 Å². The number of hydrogen-bond acceptors (Lipinski definition) is 3. The summed E-state index contributed by atoms with van der Waals surface area (Å²) in [6.45, 7) is 3.41. The van der Waals surface area contributed by atoms with Crippen LogP contribution in [0, 0.1) is 0 Å². The fourth-order valence-electron chi connectivity index (χ4n) is 1.72. The molecule has 2 aromatic rings. The van der Waals surface area contributed by atoms with Crippen LogP contribution in [0.2, 0.25) is 0 Å². The van der Waals surface area contributed by atoms with Gasteiger partial charge in [0.25, 0.3) is 0 Å². The Bertz CT molecular complexity index is 545. The lowest BCUT2D eigenvalue weighted by molar-refractivity contribution is -0.141. The Hall–Kier alpha value is -2.05. The summed E-state index contributed by atoms with van der Waals surface area (Å²) in [4.78, 5) is 3.39. The van der Waals surface area contributed by atoms with Crippen molar-refractivity contribution in [3.8, 4) is 0 Å². The molecule has 0 aliphatic carbocycles. The fraction of sp³-hybridized carbons (Fsp3) is 0.385. The topological polar surface area (TPSA) is 42.7 Å². The first-order valence-corrected chi connectivity index (χ1v) is 6.27. The van der Waals surface area contributed by atoms with Crippen molar-refractivity contribution in [2.75, 3.05) is 5.32 Å². The van der Waals surface area contributed by atoms with Gasteiger partial charge in [0.1, 0.15) is 5.69 Å². The molecule has 7 heteroatoms. The molecule has 0 amide bonds. The molecule has 0 saturated heterocycles. The smallest absolute Gasteiger partial charge is 0.380 e. The van der Waals surface area contributed by atoms with Crippen molar-refractivity contribution in [3.05, 3.63) is 42.0 Å². The number of nitrogens with zero attached hydrogens (tertiary/aromatic N) is 3. The third-order valence-electron chi connectivity index (χ3n) is 2.69. The maximum atomic E-state index is 12.4. The molecule has 0 atom stereocenters. The summed E-state index contributed by atoms with van der Waals surface area (Å²) in [5.74, 6) is 0. The van der Waals surface area contributed by atoms with Gasteiger partial charge in [-0.05, 0) is 18.6 Å². The highest BCUT2D eigenvalue weighted by Gasteiger charge is 2.31. The molecule has 0 aliphatic heterocycles. The molecule has 2 aromatic heterocycles. The summed E-state index contributed by atoms with van der Waals surface area (Å²) in [6, 6.07) is 2.33. The summed E-state index contributed by atoms with van der Waals surface area (Å²) >= 11 is 0. The van der Waals surface area contributed by atoms with Crippen LogP contribution in [0.1, 0.15) is 24.6 Å². The van der Waals surface area contributed by atoms with Crippen LogP contribution in [0.15, 0.2) is 30.7 Å². The number of pyridine rings is 1. The van der Waals surface area contributed by atoms with E-state index in [1.807, 2.05) is 10.9 Å². The number of alkyl halides is 3. The Kier molecular flexibility index (Phi) is 4.26. The van der Waals surface area contributed by atoms with Gasteiger partial charge in [0.05, 0.1) is 18.1 Å². The van der Waals surface area contributed by atoms with Gasteiger partial charge in [-0.25, -0.2) is 4.98 Å². The number of aryl methyl sites for hydroxylation is 1. The summed E-state index contributed by atoms with van der Waals surface area (Å²) in [7, 11) is 0. The normalized spacial score (nSPS) is 11.6. The van der Waals surface area contributed by atoms with Gasteiger partial charge in [-0.15, -0.1) is 0 Å². The van der Waals surface area contributed by atoms with E-state index in [2.05, 4.69) is 22.3 Å². The fourth-order valence-corrected chi connectivity index (χ4v) is 1.72. The summed E-state index contributed by atoms with van der Waals surface area (Å²) in [6.07, 6.45) is 1.42. The van der Waals surface area contributed by atoms with Crippen LogP contribution < -0.4 is 5.32 Å². The third-order valence-corrected chi connectivity index (χ3v) is 2.69. The molecule has 0 spiro atoms. The number of nitrogens with one attached hydrogen (secondary N) is 1. The molecular weight excluding hydrogens is 269 g/mol. The molecule has 0 fully saturated rings. The van der Waals surface area contributed by atoms with Crippen molar-refractivity contribution in [3.63, 3.8) is 0 Å². The molecule has 0 unspecified atom stereocenters. The lowest BCUT2D eigenvalue weighted by Gasteiger charge is -2.07. The van der Waals surface area contributed by atoms with Crippen LogP contribution >= 0.6 is 0 Å². The van der Waals surface area contributed by atoms with Crippen LogP contribution in [0.5, 0.6) is 0 Å². The molecule has 2 heterocycles. The van der Waals surface area contributed by atoms with Gasteiger partial charge in [0.2, 0.25) is 0 Å². The second kappa shape index (κ2) is 5.94. The minimum absolute atomic E-state index is 0.497. The zero-order chi connectivity index (χ0) is 14.6. The van der Waals surface area contributed by atoms with Crippen molar-refractivity contribution in [2.45, 2.75) is 32.6 Å². The molecule has 108 valence electrons. The van der Waals surface area contributed by atoms with Crippen LogP contribution in [0.3, 0.4) is 0 Å². The van der Waals surface area contributed by atoms with Gasteiger partial charge < -0.3 is 5.32 Å². The SMILES string of the molecule is CCCn1cc(CNc2ccc(C(F)(F)F)nc2)cn1. The lowest BCUT2D eigenvalue weighted by Crippen LogP contribution is -2.08. The highest BCUT2D eigenvalue weighted by atomic mass is 19.4. The largest absolute Gasteiger partial charge is 0.433 e. The number of aromatic nitrogens is 3. The number of anilines is 1. The third kappa shape index (κ3) is 3.72. The Morgan fingerprint density at radius 2 is 2.05 bits per heavy atom. The van der Waals surface area contributed by atoms with E-state index >= 15 is 0 Å². The van der Waals surface area contributed by atoms with Gasteiger partial charge >= 0.3 is 6.18 Å². The zero-order valence-electron chi connectivity index (χ0n) is 11.0. The van der Waals surface area contributed by atoms with Gasteiger partial charge in [-0.2, -0.15) is 18.3 Å². The molecule has 0 aliphatic rings. The average Bonchev–Trinajstić information content (AvgIpc) is 2.84. The molecule has 0 bridgehead atoms. The predicted octanol–water partition coefficient (Wildman–Crippen LogP) is 3.32. The minimum atomic E-state index is -4.40. The number of hydrogen-bond donors (Lipinski definition) is 1. The second-order valence-corrected chi connectivity index (χ2v) is 4.40. The standard InChI is InChI=1S/C13H15F3N4/c1-2-5-20-9-10(7-19-20)6-17-11-3-4-12(18-8-11)13(14,15)16/h3-4,7-9,17H,2,5-6H2,1H3. The van der Waals surface area contributed by atoms with Gasteiger partial charge in [-0.3, -0.25) is 4.68 Å². The van der Waals surface area contributed by atoms with E-state index in [1.54, 1.807) is 6.20 Å². The molecule has 4 nitrogen and oxygen atoms in total. The highest BCUT2D eigenvalue weighted by Crippen LogP contribution is 2.27. The molecule has 20 heavy (non-hydrogen) atoms. The van der Waals surface area contributed by atoms with Crippen LogP contribution in [-0.4, -0.2) is 14.8 Å². The first kappa shape index (κ1) is 14.4. The summed E-state index contributed by atoms with van der Waals surface area (Å²) < 4.78 is 38.9. The van der Waals surface area contributed by atoms with E-state index in [4.69, 9.17) is 0 Å². The van der Waals surface area contributed by atoms with Crippen LogP contribution in [0.4, 0.5) is 18.9 Å². The number of halogens is 3. The monoisotopic (exact) mass is 284 g/mol. The van der Waals surface area contributed by atoms with E-state index in [1.165, 1.54) is 12.3 Å². The summed E-state index contributed by atoms with van der Waals surface area (Å²) in [5, 5.41) is 7.19. The first-order chi connectivity index (χ1) is 9.49. The molecule has 0 radical (unpaired) electrons. The van der Waals surface area contributed by atoms with Crippen molar-refractivity contribution < 1.29 is 13.2 Å². The zero-order valence-corrected chi connectivity index (χ0v) is 11.0. The first-order valence-electron chi connectivity index (χ1n) is 6.27. The average molecular weight is 284 g/mol. The van der Waals surface area contributed by atoms with E-state index < -0.39 is 11.9 Å². The van der Waals surface area contributed by atoms with E-state index in [0.29, 0.717) is 12.2 Å². The van der Waals surface area contributed by atoms with Gasteiger partial charge in [0, 0.05) is 24.8 Å². The van der Waals surface area contributed by atoms with Crippen molar-refractivity contribution in [2.24, 2.45) is 0 Å². The maximum Gasteiger partial charge on any atom is 0.433 e. The highest BCUT2D eigenvalue weighted by molar-refractivity contribution is 5.41. The Balaban J connectivity index is 1.93. The van der Waals surface area contributed by atoms with Crippen LogP contribution in [-0.2, 0) is 19.3 Å². The minimum Gasteiger partial charge on any atom is -0.380 e.